The molecule has 3 N–H and O–H groups in total. The summed E-state index contributed by atoms with van der Waals surface area (Å²) in [6.07, 6.45) is 6.13. The van der Waals surface area contributed by atoms with Gasteiger partial charge in [0.15, 0.2) is 0 Å². The average molecular weight is 297 g/mol. The monoisotopic (exact) mass is 296 g/mol. The van der Waals surface area contributed by atoms with Crippen LogP contribution in [-0.2, 0) is 11.2 Å². The summed E-state index contributed by atoms with van der Waals surface area (Å²) in [6, 6.07) is 8.25. The Balaban J connectivity index is 0.00000200. The van der Waals surface area contributed by atoms with E-state index in [1.165, 1.54) is 18.4 Å². The Labute approximate surface area is 127 Å². The molecule has 0 spiro atoms. The number of amides is 1. The molecule has 3 nitrogen and oxygen atoms in total. The third-order valence-electron chi connectivity index (χ3n) is 4.06. The molecule has 1 fully saturated rings. The second-order valence-electron chi connectivity index (χ2n) is 5.51. The third kappa shape index (κ3) is 4.80. The van der Waals surface area contributed by atoms with Gasteiger partial charge >= 0.3 is 0 Å². The molecule has 2 atom stereocenters. The smallest absolute Gasteiger partial charge is 0.224 e. The molecule has 1 aliphatic rings. The summed E-state index contributed by atoms with van der Waals surface area (Å²) >= 11 is 0. The van der Waals surface area contributed by atoms with Crippen LogP contribution in [0.4, 0.5) is 5.69 Å². The zero-order valence-corrected chi connectivity index (χ0v) is 12.9. The van der Waals surface area contributed by atoms with Crippen molar-refractivity contribution in [3.05, 3.63) is 29.8 Å². The Morgan fingerprint density at radius 3 is 2.50 bits per heavy atom. The van der Waals surface area contributed by atoms with E-state index in [0.29, 0.717) is 12.3 Å². The number of carbonyl (C=O) groups excluding carboxylic acids is 1. The van der Waals surface area contributed by atoms with E-state index in [4.69, 9.17) is 5.73 Å². The number of nitrogens with one attached hydrogen (secondary N) is 1. The van der Waals surface area contributed by atoms with E-state index < -0.39 is 0 Å². The van der Waals surface area contributed by atoms with E-state index in [2.05, 4.69) is 24.4 Å². The van der Waals surface area contributed by atoms with Crippen LogP contribution in [-0.4, -0.2) is 11.9 Å². The molecule has 0 aromatic heterocycles. The van der Waals surface area contributed by atoms with Gasteiger partial charge in [-0.1, -0.05) is 31.9 Å². The van der Waals surface area contributed by atoms with Crippen molar-refractivity contribution in [3.8, 4) is 0 Å². The van der Waals surface area contributed by atoms with E-state index in [1.807, 2.05) is 12.1 Å². The van der Waals surface area contributed by atoms with Gasteiger partial charge < -0.3 is 11.1 Å². The van der Waals surface area contributed by atoms with Gasteiger partial charge in [0.25, 0.3) is 0 Å². The van der Waals surface area contributed by atoms with Gasteiger partial charge in [0.1, 0.15) is 0 Å². The number of benzene rings is 1. The van der Waals surface area contributed by atoms with Gasteiger partial charge in [0, 0.05) is 18.2 Å². The zero-order valence-electron chi connectivity index (χ0n) is 12.1. The van der Waals surface area contributed by atoms with Crippen LogP contribution < -0.4 is 11.1 Å². The Morgan fingerprint density at radius 2 is 1.90 bits per heavy atom. The van der Waals surface area contributed by atoms with Gasteiger partial charge in [-0.25, -0.2) is 0 Å². The fourth-order valence-corrected chi connectivity index (χ4v) is 2.76. The predicted molar refractivity (Wildman–Crippen MR) is 86.2 cm³/mol. The van der Waals surface area contributed by atoms with Crippen LogP contribution in [0.15, 0.2) is 24.3 Å². The molecular formula is C16H25ClN2O. The SMILES string of the molecule is CCc1ccc(NC(=O)CC2CCCCC2N)cc1.Cl. The maximum atomic E-state index is 12.0. The summed E-state index contributed by atoms with van der Waals surface area (Å²) in [6.45, 7) is 2.12. The Bertz CT molecular complexity index is 419. The molecule has 0 bridgehead atoms. The third-order valence-corrected chi connectivity index (χ3v) is 4.06. The minimum atomic E-state index is 0. The number of carbonyl (C=O) groups is 1. The standard InChI is InChI=1S/C16H24N2O.ClH/c1-2-12-7-9-14(10-8-12)18-16(19)11-13-5-3-4-6-15(13)17;/h7-10,13,15H,2-6,11,17H2,1H3,(H,18,19);1H. The molecule has 1 aromatic carbocycles. The lowest BCUT2D eigenvalue weighted by Gasteiger charge is -2.27. The van der Waals surface area contributed by atoms with Crippen molar-refractivity contribution in [1.29, 1.82) is 0 Å². The highest BCUT2D eigenvalue weighted by Crippen LogP contribution is 2.26. The first-order chi connectivity index (χ1) is 9.19. The van der Waals surface area contributed by atoms with Gasteiger partial charge in [0.05, 0.1) is 0 Å². The lowest BCUT2D eigenvalue weighted by Crippen LogP contribution is -2.35. The zero-order chi connectivity index (χ0) is 13.7. The Kier molecular flexibility index (Phi) is 7.03. The van der Waals surface area contributed by atoms with Crippen molar-refractivity contribution in [3.63, 3.8) is 0 Å². The molecule has 1 aromatic rings. The molecule has 1 aliphatic carbocycles. The van der Waals surface area contributed by atoms with Crippen LogP contribution in [0.3, 0.4) is 0 Å². The molecule has 1 amide bonds. The van der Waals surface area contributed by atoms with Gasteiger partial charge in [-0.3, -0.25) is 4.79 Å². The minimum absolute atomic E-state index is 0. The second-order valence-corrected chi connectivity index (χ2v) is 5.51. The van der Waals surface area contributed by atoms with Crippen molar-refractivity contribution in [2.24, 2.45) is 11.7 Å². The van der Waals surface area contributed by atoms with Crippen LogP contribution in [0.5, 0.6) is 0 Å². The summed E-state index contributed by atoms with van der Waals surface area (Å²) in [7, 11) is 0. The molecule has 2 unspecified atom stereocenters. The first-order valence-electron chi connectivity index (χ1n) is 7.33. The van der Waals surface area contributed by atoms with Gasteiger partial charge in [-0.2, -0.15) is 0 Å². The second kappa shape index (κ2) is 8.28. The van der Waals surface area contributed by atoms with Crippen LogP contribution >= 0.6 is 12.4 Å². The number of nitrogens with two attached hydrogens (primary N) is 1. The molecule has 20 heavy (non-hydrogen) atoms. The molecule has 0 heterocycles. The molecule has 112 valence electrons. The van der Waals surface area contributed by atoms with E-state index in [9.17, 15) is 4.79 Å². The van der Waals surface area contributed by atoms with E-state index >= 15 is 0 Å². The Hall–Kier alpha value is -1.06. The summed E-state index contributed by atoms with van der Waals surface area (Å²) < 4.78 is 0. The molecule has 0 saturated heterocycles. The van der Waals surface area contributed by atoms with Crippen molar-refractivity contribution >= 4 is 24.0 Å². The number of hydrogen-bond acceptors (Lipinski definition) is 2. The fourth-order valence-electron chi connectivity index (χ4n) is 2.76. The summed E-state index contributed by atoms with van der Waals surface area (Å²) in [5.41, 5.74) is 8.24. The molecule has 0 aliphatic heterocycles. The van der Waals surface area contributed by atoms with E-state index in [1.54, 1.807) is 0 Å². The highest BCUT2D eigenvalue weighted by Gasteiger charge is 2.24. The van der Waals surface area contributed by atoms with E-state index in [-0.39, 0.29) is 24.4 Å². The highest BCUT2D eigenvalue weighted by molar-refractivity contribution is 5.90. The van der Waals surface area contributed by atoms with Gasteiger partial charge in [-0.15, -0.1) is 12.4 Å². The lowest BCUT2D eigenvalue weighted by molar-refractivity contribution is -0.117. The van der Waals surface area contributed by atoms with Crippen molar-refractivity contribution in [2.45, 2.75) is 51.5 Å². The number of halogens is 1. The van der Waals surface area contributed by atoms with Crippen LogP contribution in [0.25, 0.3) is 0 Å². The molecule has 1 saturated carbocycles. The van der Waals surface area contributed by atoms with Crippen LogP contribution in [0, 0.1) is 5.92 Å². The minimum Gasteiger partial charge on any atom is -0.327 e. The molecule has 0 radical (unpaired) electrons. The quantitative estimate of drug-likeness (QED) is 0.893. The predicted octanol–water partition coefficient (Wildman–Crippen LogP) is 3.52. The average Bonchev–Trinajstić information content (AvgIpc) is 2.42. The number of hydrogen-bond donors (Lipinski definition) is 2. The van der Waals surface area contributed by atoms with Crippen molar-refractivity contribution < 1.29 is 4.79 Å². The number of anilines is 1. The largest absolute Gasteiger partial charge is 0.327 e. The van der Waals surface area contributed by atoms with Crippen molar-refractivity contribution in [2.75, 3.05) is 5.32 Å². The topological polar surface area (TPSA) is 55.1 Å². The molecule has 4 heteroatoms. The first kappa shape index (κ1) is 17.0. The fraction of sp³-hybridized carbons (Fsp3) is 0.562. The van der Waals surface area contributed by atoms with E-state index in [0.717, 1.165) is 24.9 Å². The first-order valence-corrected chi connectivity index (χ1v) is 7.33. The number of aryl methyl sites for hydroxylation is 1. The van der Waals surface area contributed by atoms with Crippen molar-refractivity contribution in [1.82, 2.24) is 0 Å². The van der Waals surface area contributed by atoms with Gasteiger partial charge in [-0.05, 0) is 42.9 Å². The Morgan fingerprint density at radius 1 is 1.25 bits per heavy atom. The molecular weight excluding hydrogens is 272 g/mol. The summed E-state index contributed by atoms with van der Waals surface area (Å²) in [5.74, 6) is 0.440. The maximum Gasteiger partial charge on any atom is 0.224 e. The highest BCUT2D eigenvalue weighted by atomic mass is 35.5. The van der Waals surface area contributed by atoms with Crippen LogP contribution in [0.2, 0.25) is 0 Å². The number of rotatable bonds is 4. The lowest BCUT2D eigenvalue weighted by atomic mass is 9.83. The summed E-state index contributed by atoms with van der Waals surface area (Å²) in [4.78, 5) is 12.0. The summed E-state index contributed by atoms with van der Waals surface area (Å²) in [5, 5.41) is 2.97. The normalized spacial score (nSPS) is 21.9. The van der Waals surface area contributed by atoms with Crippen LogP contribution in [0.1, 0.15) is 44.6 Å². The molecule has 2 rings (SSSR count). The maximum absolute atomic E-state index is 12.0. The van der Waals surface area contributed by atoms with Gasteiger partial charge in [0.2, 0.25) is 5.91 Å².